The molecule has 0 fully saturated rings. The lowest BCUT2D eigenvalue weighted by atomic mass is 10.0. The molecule has 2 atom stereocenters. The van der Waals surface area contributed by atoms with Crippen molar-refractivity contribution >= 4 is 19.8 Å². The van der Waals surface area contributed by atoms with Crippen LogP contribution in [0, 0.1) is 0 Å². The molecule has 10 heteroatoms. The molecule has 0 aliphatic carbocycles. The summed E-state index contributed by atoms with van der Waals surface area (Å²) in [6.45, 7) is 4.45. The van der Waals surface area contributed by atoms with Crippen LogP contribution in [0.25, 0.3) is 0 Å². The minimum absolute atomic E-state index is 0.0299. The van der Waals surface area contributed by atoms with Crippen LogP contribution in [0.3, 0.4) is 0 Å². The van der Waals surface area contributed by atoms with E-state index in [1.807, 2.05) is 21.1 Å². The number of phosphoric ester groups is 1. The Hall–Kier alpha value is -2.03. The minimum atomic E-state index is -4.39. The number of allylic oxidation sites excluding steroid dienone is 8. The Bertz CT molecular complexity index is 1360. The Morgan fingerprint density at radius 2 is 0.750 bits per heavy atom. The maximum Gasteiger partial charge on any atom is 0.472 e. The number of ether oxygens (including phenoxy) is 2. The summed E-state index contributed by atoms with van der Waals surface area (Å²) in [5.41, 5.74) is 0. The molecule has 0 aliphatic heterocycles. The zero-order valence-corrected chi connectivity index (χ0v) is 48.8. The number of carbonyl (C=O) groups is 2. The van der Waals surface area contributed by atoms with Gasteiger partial charge in [-0.3, -0.25) is 18.6 Å². The lowest BCUT2D eigenvalue weighted by Gasteiger charge is -2.24. The molecule has 72 heavy (non-hydrogen) atoms. The zero-order chi connectivity index (χ0) is 52.7. The fraction of sp³-hybridized carbons (Fsp3) is 0.839. The highest BCUT2D eigenvalue weighted by Gasteiger charge is 2.27. The number of rotatable bonds is 56. The van der Waals surface area contributed by atoms with Gasteiger partial charge in [-0.25, -0.2) is 4.57 Å². The van der Waals surface area contributed by atoms with Gasteiger partial charge in [0.2, 0.25) is 0 Å². The van der Waals surface area contributed by atoms with Gasteiger partial charge in [-0.1, -0.05) is 242 Å². The fourth-order valence-corrected chi connectivity index (χ4v) is 9.35. The third kappa shape index (κ3) is 57.3. The highest BCUT2D eigenvalue weighted by atomic mass is 31.2. The van der Waals surface area contributed by atoms with Gasteiger partial charge < -0.3 is 18.9 Å². The van der Waals surface area contributed by atoms with Gasteiger partial charge in [-0.15, -0.1) is 0 Å². The third-order valence-corrected chi connectivity index (χ3v) is 14.3. The summed E-state index contributed by atoms with van der Waals surface area (Å²) >= 11 is 0. The first-order valence-corrected chi connectivity index (χ1v) is 31.9. The van der Waals surface area contributed by atoms with Gasteiger partial charge in [0.25, 0.3) is 0 Å². The number of quaternary nitrogens is 1. The van der Waals surface area contributed by atoms with Gasteiger partial charge >= 0.3 is 19.8 Å². The second kappa shape index (κ2) is 53.8. The van der Waals surface area contributed by atoms with Crippen LogP contribution in [0.5, 0.6) is 0 Å². The summed E-state index contributed by atoms with van der Waals surface area (Å²) in [6, 6.07) is 0. The number of hydrogen-bond acceptors (Lipinski definition) is 7. The van der Waals surface area contributed by atoms with Crippen molar-refractivity contribution in [2.24, 2.45) is 0 Å². The van der Waals surface area contributed by atoms with E-state index in [2.05, 4.69) is 62.5 Å². The van der Waals surface area contributed by atoms with Crippen LogP contribution in [0.4, 0.5) is 0 Å². The third-order valence-electron chi connectivity index (χ3n) is 13.3. The SMILES string of the molecule is CCCCCCC/C=C\C/C=C\C/C=C\CCCCCCCCCCC(=O)OC(COC(=O)CCCCCCCCCCCCCCC/C=C\CCCCCCCCCC)COP(=O)(O)OCC[N+](C)(C)C. The maximum atomic E-state index is 12.8. The molecule has 0 saturated carbocycles. The van der Waals surface area contributed by atoms with Gasteiger partial charge in [0.15, 0.2) is 6.10 Å². The van der Waals surface area contributed by atoms with E-state index in [4.69, 9.17) is 18.5 Å². The van der Waals surface area contributed by atoms with Crippen molar-refractivity contribution in [1.82, 2.24) is 0 Å². The standard InChI is InChI=1S/C62H116NO8P/c1-6-8-10-12-14-16-18-20-22-24-26-28-30-31-33-34-36-38-40-42-44-46-48-50-52-54-61(64)68-58-60(59-70-72(66,67)69-57-56-63(3,4)5)71-62(65)55-53-51-49-47-45-43-41-39-37-35-32-29-27-25-23-21-19-17-15-13-11-9-7-2/h19,21,24-27,32,35,60H,6-18,20,22-23,28-31,33-34,36-59H2,1-5H3/p+1/b21-19-,26-24-,27-25-,35-32-. The molecule has 0 radical (unpaired) electrons. The minimum Gasteiger partial charge on any atom is -0.462 e. The van der Waals surface area contributed by atoms with E-state index in [1.165, 1.54) is 193 Å². The highest BCUT2D eigenvalue weighted by Crippen LogP contribution is 2.43. The molecule has 0 aromatic heterocycles. The Balaban J connectivity index is 4.15. The Kier molecular flexibility index (Phi) is 52.3. The van der Waals surface area contributed by atoms with Gasteiger partial charge in [0, 0.05) is 12.8 Å². The molecule has 422 valence electrons. The normalized spacial score (nSPS) is 13.6. The largest absolute Gasteiger partial charge is 0.472 e. The molecule has 0 bridgehead atoms. The average molecular weight is 1040 g/mol. The van der Waals surface area contributed by atoms with E-state index in [0.29, 0.717) is 17.4 Å². The second-order valence-corrected chi connectivity index (χ2v) is 23.2. The first kappa shape index (κ1) is 70.0. The number of unbranched alkanes of at least 4 members (excludes halogenated alkanes) is 34. The number of phosphoric acid groups is 1. The molecule has 0 rings (SSSR count). The van der Waals surface area contributed by atoms with Crippen LogP contribution in [-0.2, 0) is 32.7 Å². The van der Waals surface area contributed by atoms with Crippen molar-refractivity contribution in [3.63, 3.8) is 0 Å². The molecule has 0 spiro atoms. The topological polar surface area (TPSA) is 108 Å². The number of esters is 2. The van der Waals surface area contributed by atoms with Crippen LogP contribution in [-0.4, -0.2) is 74.9 Å². The van der Waals surface area contributed by atoms with Crippen molar-refractivity contribution in [3.05, 3.63) is 48.6 Å². The maximum absolute atomic E-state index is 12.8. The molecule has 0 aliphatic rings. The Labute approximate surface area is 445 Å². The predicted octanol–water partition coefficient (Wildman–Crippen LogP) is 18.9. The molecule has 0 aromatic rings. The summed E-state index contributed by atoms with van der Waals surface area (Å²) in [4.78, 5) is 35.7. The van der Waals surface area contributed by atoms with Crippen molar-refractivity contribution in [2.45, 2.75) is 290 Å². The van der Waals surface area contributed by atoms with Crippen LogP contribution >= 0.6 is 7.82 Å². The van der Waals surface area contributed by atoms with Gasteiger partial charge in [0.05, 0.1) is 27.7 Å². The van der Waals surface area contributed by atoms with Gasteiger partial charge in [-0.2, -0.15) is 0 Å². The van der Waals surface area contributed by atoms with Crippen LogP contribution < -0.4 is 0 Å². The molecule has 9 nitrogen and oxygen atoms in total. The Morgan fingerprint density at radius 1 is 0.431 bits per heavy atom. The van der Waals surface area contributed by atoms with Crippen molar-refractivity contribution in [3.8, 4) is 0 Å². The second-order valence-electron chi connectivity index (χ2n) is 21.7. The first-order chi connectivity index (χ1) is 35.0. The summed E-state index contributed by atoms with van der Waals surface area (Å²) < 4.78 is 34.6. The van der Waals surface area contributed by atoms with Gasteiger partial charge in [0.1, 0.15) is 19.8 Å². The van der Waals surface area contributed by atoms with Gasteiger partial charge in [-0.05, 0) is 77.0 Å². The molecular weight excluding hydrogens is 918 g/mol. The molecule has 2 unspecified atom stereocenters. The van der Waals surface area contributed by atoms with E-state index >= 15 is 0 Å². The Morgan fingerprint density at radius 3 is 1.12 bits per heavy atom. The summed E-state index contributed by atoms with van der Waals surface area (Å²) in [5.74, 6) is -0.796. The van der Waals surface area contributed by atoms with Crippen LogP contribution in [0.15, 0.2) is 48.6 Å². The van der Waals surface area contributed by atoms with E-state index in [-0.39, 0.29) is 32.0 Å². The summed E-state index contributed by atoms with van der Waals surface area (Å²) in [5, 5.41) is 0. The quantitative estimate of drug-likeness (QED) is 0.0211. The monoisotopic (exact) mass is 1030 g/mol. The van der Waals surface area contributed by atoms with Crippen molar-refractivity contribution in [2.75, 3.05) is 47.5 Å². The van der Waals surface area contributed by atoms with Crippen molar-refractivity contribution in [1.29, 1.82) is 0 Å². The predicted molar refractivity (Wildman–Crippen MR) is 307 cm³/mol. The number of likely N-dealkylation sites (N-methyl/N-ethyl adjacent to an activating group) is 1. The van der Waals surface area contributed by atoms with E-state index in [9.17, 15) is 19.0 Å². The van der Waals surface area contributed by atoms with Crippen molar-refractivity contribution < 1.29 is 42.1 Å². The summed E-state index contributed by atoms with van der Waals surface area (Å²) in [6.07, 6.45) is 67.5. The lowest BCUT2D eigenvalue weighted by molar-refractivity contribution is -0.870. The van der Waals surface area contributed by atoms with Crippen LogP contribution in [0.1, 0.15) is 284 Å². The fourth-order valence-electron chi connectivity index (χ4n) is 8.61. The van der Waals surface area contributed by atoms with E-state index in [0.717, 1.165) is 57.8 Å². The summed E-state index contributed by atoms with van der Waals surface area (Å²) in [7, 11) is 1.48. The molecule has 0 aromatic carbocycles. The molecular formula is C62H117NO8P+. The molecule has 1 N–H and O–H groups in total. The van der Waals surface area contributed by atoms with E-state index in [1.54, 1.807) is 0 Å². The molecule has 0 heterocycles. The lowest BCUT2D eigenvalue weighted by Crippen LogP contribution is -2.37. The number of nitrogens with zero attached hydrogens (tertiary/aromatic N) is 1. The molecule has 0 saturated heterocycles. The molecule has 0 amide bonds. The average Bonchev–Trinajstić information content (AvgIpc) is 3.34. The number of hydrogen-bond donors (Lipinski definition) is 1. The van der Waals surface area contributed by atoms with Crippen LogP contribution in [0.2, 0.25) is 0 Å². The first-order valence-electron chi connectivity index (χ1n) is 30.4. The van der Waals surface area contributed by atoms with E-state index < -0.39 is 26.5 Å². The zero-order valence-electron chi connectivity index (χ0n) is 47.9. The highest BCUT2D eigenvalue weighted by molar-refractivity contribution is 7.47. The number of carbonyl (C=O) groups excluding carboxylic acids is 2. The smallest absolute Gasteiger partial charge is 0.462 e.